The summed E-state index contributed by atoms with van der Waals surface area (Å²) in [7, 11) is 3.93. The van der Waals surface area contributed by atoms with Crippen molar-refractivity contribution in [2.75, 3.05) is 45.2 Å². The average molecular weight is 382 g/mol. The summed E-state index contributed by atoms with van der Waals surface area (Å²) in [5.74, 6) is -0.0446. The predicted octanol–water partition coefficient (Wildman–Crippen LogP) is 2.77. The van der Waals surface area contributed by atoms with Crippen LogP contribution < -0.4 is 10.2 Å². The SMILES string of the molecule is Cc1ccc(C2(O)CCN(CCNC(=O)c3cccc(N(C)C)c3)CC2)cc1. The molecule has 28 heavy (non-hydrogen) atoms. The largest absolute Gasteiger partial charge is 0.385 e. The maximum Gasteiger partial charge on any atom is 0.251 e. The minimum atomic E-state index is -0.736. The molecule has 2 aromatic carbocycles. The smallest absolute Gasteiger partial charge is 0.251 e. The minimum Gasteiger partial charge on any atom is -0.385 e. The first-order chi connectivity index (χ1) is 13.4. The van der Waals surface area contributed by atoms with Gasteiger partial charge in [-0.3, -0.25) is 4.79 Å². The zero-order valence-electron chi connectivity index (χ0n) is 17.1. The molecule has 2 N–H and O–H groups in total. The van der Waals surface area contributed by atoms with Gasteiger partial charge >= 0.3 is 0 Å². The van der Waals surface area contributed by atoms with Gasteiger partial charge in [0.2, 0.25) is 0 Å². The second-order valence-electron chi connectivity index (χ2n) is 7.94. The van der Waals surface area contributed by atoms with Crippen LogP contribution in [0.5, 0.6) is 0 Å². The van der Waals surface area contributed by atoms with Gasteiger partial charge in [-0.15, -0.1) is 0 Å². The second kappa shape index (κ2) is 8.76. The number of piperidine rings is 1. The zero-order valence-corrected chi connectivity index (χ0v) is 17.1. The van der Waals surface area contributed by atoms with Crippen molar-refractivity contribution < 1.29 is 9.90 Å². The fourth-order valence-corrected chi connectivity index (χ4v) is 3.65. The molecule has 1 aliphatic heterocycles. The van der Waals surface area contributed by atoms with Gasteiger partial charge in [-0.25, -0.2) is 0 Å². The number of rotatable bonds is 6. The molecular formula is C23H31N3O2. The lowest BCUT2D eigenvalue weighted by molar-refractivity contribution is -0.0255. The highest BCUT2D eigenvalue weighted by Crippen LogP contribution is 2.32. The molecule has 0 spiro atoms. The van der Waals surface area contributed by atoms with E-state index in [1.165, 1.54) is 5.56 Å². The van der Waals surface area contributed by atoms with Gasteiger partial charge in [-0.05, 0) is 43.5 Å². The Hall–Kier alpha value is -2.37. The fourth-order valence-electron chi connectivity index (χ4n) is 3.65. The third kappa shape index (κ3) is 4.91. The summed E-state index contributed by atoms with van der Waals surface area (Å²) in [6.07, 6.45) is 1.43. The Morgan fingerprint density at radius 3 is 2.46 bits per heavy atom. The predicted molar refractivity (Wildman–Crippen MR) is 114 cm³/mol. The molecule has 0 atom stereocenters. The topological polar surface area (TPSA) is 55.8 Å². The highest BCUT2D eigenvalue weighted by atomic mass is 16.3. The summed E-state index contributed by atoms with van der Waals surface area (Å²) >= 11 is 0. The van der Waals surface area contributed by atoms with Crippen molar-refractivity contribution in [2.45, 2.75) is 25.4 Å². The maximum absolute atomic E-state index is 12.4. The van der Waals surface area contributed by atoms with Crippen molar-refractivity contribution in [3.63, 3.8) is 0 Å². The number of nitrogens with one attached hydrogen (secondary N) is 1. The zero-order chi connectivity index (χ0) is 20.1. The normalized spacial score (nSPS) is 16.6. The average Bonchev–Trinajstić information content (AvgIpc) is 2.70. The number of benzene rings is 2. The number of likely N-dealkylation sites (tertiary alicyclic amines) is 1. The van der Waals surface area contributed by atoms with E-state index in [2.05, 4.69) is 29.3 Å². The second-order valence-corrected chi connectivity index (χ2v) is 7.94. The Morgan fingerprint density at radius 1 is 1.14 bits per heavy atom. The van der Waals surface area contributed by atoms with Gasteiger partial charge in [0, 0.05) is 51.5 Å². The lowest BCUT2D eigenvalue weighted by atomic mass is 9.84. The first-order valence-electron chi connectivity index (χ1n) is 9.95. The summed E-state index contributed by atoms with van der Waals surface area (Å²) in [5, 5.41) is 14.0. The molecule has 0 aromatic heterocycles. The summed E-state index contributed by atoms with van der Waals surface area (Å²) in [6, 6.07) is 15.8. The number of anilines is 1. The molecule has 0 unspecified atom stereocenters. The Kier molecular flexibility index (Phi) is 6.37. The minimum absolute atomic E-state index is 0.0446. The molecular weight excluding hydrogens is 350 g/mol. The first-order valence-corrected chi connectivity index (χ1v) is 9.95. The van der Waals surface area contributed by atoms with E-state index in [9.17, 15) is 9.90 Å². The third-order valence-electron chi connectivity index (χ3n) is 5.61. The molecule has 0 bridgehead atoms. The molecule has 1 saturated heterocycles. The van der Waals surface area contributed by atoms with Gasteiger partial charge in [0.1, 0.15) is 0 Å². The molecule has 0 radical (unpaired) electrons. The van der Waals surface area contributed by atoms with Gasteiger partial charge in [0.05, 0.1) is 5.60 Å². The van der Waals surface area contributed by atoms with Crippen LogP contribution in [0.1, 0.15) is 34.3 Å². The molecule has 0 aliphatic carbocycles. The number of aryl methyl sites for hydroxylation is 1. The maximum atomic E-state index is 12.4. The Bertz CT molecular complexity index is 794. The van der Waals surface area contributed by atoms with Crippen molar-refractivity contribution in [1.29, 1.82) is 0 Å². The van der Waals surface area contributed by atoms with E-state index in [0.29, 0.717) is 12.1 Å². The van der Waals surface area contributed by atoms with E-state index >= 15 is 0 Å². The molecule has 3 rings (SSSR count). The van der Waals surface area contributed by atoms with Crippen LogP contribution in [-0.4, -0.2) is 56.2 Å². The van der Waals surface area contributed by atoms with Gasteiger partial charge in [-0.2, -0.15) is 0 Å². The van der Waals surface area contributed by atoms with E-state index in [1.54, 1.807) is 0 Å². The molecule has 150 valence electrons. The lowest BCUT2D eigenvalue weighted by Crippen LogP contribution is -2.45. The Morgan fingerprint density at radius 2 is 1.82 bits per heavy atom. The highest BCUT2D eigenvalue weighted by molar-refractivity contribution is 5.95. The summed E-state index contributed by atoms with van der Waals surface area (Å²) in [4.78, 5) is 16.7. The molecule has 1 amide bonds. The number of aliphatic hydroxyl groups is 1. The van der Waals surface area contributed by atoms with E-state index < -0.39 is 5.60 Å². The number of hydrogen-bond donors (Lipinski definition) is 2. The molecule has 5 heteroatoms. The number of carbonyl (C=O) groups is 1. The van der Waals surface area contributed by atoms with Crippen molar-refractivity contribution >= 4 is 11.6 Å². The van der Waals surface area contributed by atoms with Crippen LogP contribution in [-0.2, 0) is 5.60 Å². The summed E-state index contributed by atoms with van der Waals surface area (Å²) in [5.41, 5.74) is 3.17. The van der Waals surface area contributed by atoms with Crippen molar-refractivity contribution in [1.82, 2.24) is 10.2 Å². The number of amides is 1. The van der Waals surface area contributed by atoms with E-state index in [1.807, 2.05) is 55.4 Å². The first kappa shape index (κ1) is 20.4. The van der Waals surface area contributed by atoms with Crippen LogP contribution in [0, 0.1) is 6.92 Å². The molecule has 2 aromatic rings. The number of hydrogen-bond acceptors (Lipinski definition) is 4. The molecule has 0 saturated carbocycles. The van der Waals surface area contributed by atoms with Gasteiger partial charge in [0.25, 0.3) is 5.91 Å². The standard InChI is InChI=1S/C23H31N3O2/c1-18-7-9-20(10-8-18)23(28)11-14-26(15-12-23)16-13-24-22(27)19-5-4-6-21(17-19)25(2)3/h4-10,17,28H,11-16H2,1-3H3,(H,24,27). The van der Waals surface area contributed by atoms with Gasteiger partial charge in [0.15, 0.2) is 0 Å². The van der Waals surface area contributed by atoms with Crippen molar-refractivity contribution in [2.24, 2.45) is 0 Å². The Labute approximate surface area is 168 Å². The van der Waals surface area contributed by atoms with E-state index in [0.717, 1.165) is 43.7 Å². The van der Waals surface area contributed by atoms with Crippen LogP contribution >= 0.6 is 0 Å². The van der Waals surface area contributed by atoms with E-state index in [4.69, 9.17) is 0 Å². The van der Waals surface area contributed by atoms with Crippen molar-refractivity contribution in [3.8, 4) is 0 Å². The molecule has 1 heterocycles. The fraction of sp³-hybridized carbons (Fsp3) is 0.435. The summed E-state index contributed by atoms with van der Waals surface area (Å²) < 4.78 is 0. The lowest BCUT2D eigenvalue weighted by Gasteiger charge is -2.38. The van der Waals surface area contributed by atoms with Gasteiger partial charge < -0.3 is 20.2 Å². The number of nitrogens with zero attached hydrogens (tertiary/aromatic N) is 2. The van der Waals surface area contributed by atoms with Crippen molar-refractivity contribution in [3.05, 3.63) is 65.2 Å². The molecule has 1 aliphatic rings. The molecule has 5 nitrogen and oxygen atoms in total. The molecule has 1 fully saturated rings. The summed E-state index contributed by atoms with van der Waals surface area (Å²) in [6.45, 7) is 5.12. The van der Waals surface area contributed by atoms with Crippen LogP contribution in [0.3, 0.4) is 0 Å². The van der Waals surface area contributed by atoms with E-state index in [-0.39, 0.29) is 5.91 Å². The monoisotopic (exact) mass is 381 g/mol. The van der Waals surface area contributed by atoms with Crippen LogP contribution in [0.4, 0.5) is 5.69 Å². The van der Waals surface area contributed by atoms with Gasteiger partial charge in [-0.1, -0.05) is 35.9 Å². The van der Waals surface area contributed by atoms with Crippen LogP contribution in [0.2, 0.25) is 0 Å². The number of carbonyl (C=O) groups excluding carboxylic acids is 1. The van der Waals surface area contributed by atoms with Crippen LogP contribution in [0.25, 0.3) is 0 Å². The van der Waals surface area contributed by atoms with Crippen LogP contribution in [0.15, 0.2) is 48.5 Å². The Balaban J connectivity index is 1.46. The quantitative estimate of drug-likeness (QED) is 0.808. The third-order valence-corrected chi connectivity index (χ3v) is 5.61. The highest BCUT2D eigenvalue weighted by Gasteiger charge is 2.33.